The number of fused-ring (bicyclic) bond motifs is 3. The molecule has 5 heterocycles. The van der Waals surface area contributed by atoms with Crippen molar-refractivity contribution < 1.29 is 37.5 Å². The highest BCUT2D eigenvalue weighted by atomic mass is 32.1. The zero-order valence-electron chi connectivity index (χ0n) is 25.1. The number of hydrogen-bond acceptors (Lipinski definition) is 6. The lowest BCUT2D eigenvalue weighted by atomic mass is 9.67. The fourth-order valence-corrected chi connectivity index (χ4v) is 9.13. The lowest BCUT2D eigenvalue weighted by Crippen LogP contribution is -2.61. The van der Waals surface area contributed by atoms with E-state index >= 15 is 0 Å². The van der Waals surface area contributed by atoms with Crippen molar-refractivity contribution in [1.29, 1.82) is 0 Å². The molecule has 3 amide bonds. The predicted molar refractivity (Wildman–Crippen MR) is 166 cm³/mol. The first-order valence-corrected chi connectivity index (χ1v) is 18.1. The zero-order valence-corrected chi connectivity index (χ0v) is 26.9. The molecule has 0 bridgehead atoms. The first-order valence-electron chi connectivity index (χ1n) is 15.6. The number of hydrogen-bond donors (Lipinski definition) is 3. The standard InChI is InChI=1S/C32H35F2N4O6PS/c1-17-3-2-10-35-28(17)21-15-37(16-21)31(41)25-8-7-23-12-18-4-5-19(18)13-24(30(40)38(23)25)36-29(39)27-14-20-11-22(6-9-26(20)46-27)32(33,34)45(42,43)44/h2-3,6,9-11,14,18-19,21,23-25H,4-5,7-8,12-13,15-16H2,1H3,(H,36,39)(H2,42,43,44)/t18-,19+,23+,24-,25-/m0/s1. The van der Waals surface area contributed by atoms with Crippen LogP contribution in [0.3, 0.4) is 0 Å². The number of rotatable bonds is 6. The summed E-state index contributed by atoms with van der Waals surface area (Å²) in [5.41, 5.74) is -3.13. The van der Waals surface area contributed by atoms with E-state index in [9.17, 15) is 27.7 Å². The molecule has 7 rings (SSSR count). The normalized spacial score (nSPS) is 26.9. The minimum Gasteiger partial charge on any atom is -0.340 e. The second-order valence-corrected chi connectivity index (χ2v) is 15.9. The van der Waals surface area contributed by atoms with Crippen LogP contribution in [0.4, 0.5) is 8.78 Å². The Kier molecular flexibility index (Phi) is 7.82. The number of nitrogens with zero attached hydrogens (tertiary/aromatic N) is 3. The Bertz CT molecular complexity index is 1770. The van der Waals surface area contributed by atoms with Crippen LogP contribution in [-0.4, -0.2) is 73.5 Å². The molecule has 4 fully saturated rings. The van der Waals surface area contributed by atoms with Crippen molar-refractivity contribution in [2.75, 3.05) is 13.1 Å². The number of thiophene rings is 1. The van der Waals surface area contributed by atoms with E-state index in [1.807, 2.05) is 19.1 Å². The fraction of sp³-hybridized carbons (Fsp3) is 0.500. The molecule has 3 N–H and O–H groups in total. The Morgan fingerprint density at radius 1 is 1.07 bits per heavy atom. The molecular formula is C32H35F2N4O6PS. The number of amides is 3. The number of nitrogens with one attached hydrogen (secondary N) is 1. The Balaban J connectivity index is 1.09. The zero-order chi connectivity index (χ0) is 32.5. The minimum atomic E-state index is -5.75. The van der Waals surface area contributed by atoms with Gasteiger partial charge in [-0.15, -0.1) is 11.3 Å². The van der Waals surface area contributed by atoms with E-state index in [0.717, 1.165) is 60.4 Å². The Morgan fingerprint density at radius 2 is 1.80 bits per heavy atom. The molecule has 5 atom stereocenters. The topological polar surface area (TPSA) is 140 Å². The number of carbonyl (C=O) groups is 3. The van der Waals surface area contributed by atoms with Gasteiger partial charge in [-0.25, -0.2) is 0 Å². The molecule has 0 unspecified atom stereocenters. The maximum atomic E-state index is 14.3. The molecule has 10 nitrogen and oxygen atoms in total. The maximum absolute atomic E-state index is 14.3. The molecule has 0 radical (unpaired) electrons. The molecule has 4 aliphatic rings. The van der Waals surface area contributed by atoms with Gasteiger partial charge >= 0.3 is 13.3 Å². The van der Waals surface area contributed by atoms with Crippen LogP contribution in [0.1, 0.15) is 70.9 Å². The van der Waals surface area contributed by atoms with Gasteiger partial charge in [0.15, 0.2) is 0 Å². The summed E-state index contributed by atoms with van der Waals surface area (Å²) in [6.45, 7) is 3.12. The number of likely N-dealkylation sites (tertiary alicyclic amines) is 1. The van der Waals surface area contributed by atoms with Gasteiger partial charge in [0, 0.05) is 47.2 Å². The Morgan fingerprint density at radius 3 is 2.50 bits per heavy atom. The van der Waals surface area contributed by atoms with E-state index in [-0.39, 0.29) is 34.0 Å². The van der Waals surface area contributed by atoms with Gasteiger partial charge in [0.25, 0.3) is 5.91 Å². The van der Waals surface area contributed by atoms with Crippen molar-refractivity contribution in [3.05, 3.63) is 64.3 Å². The van der Waals surface area contributed by atoms with Gasteiger partial charge in [0.2, 0.25) is 11.8 Å². The van der Waals surface area contributed by atoms with Crippen molar-refractivity contribution >= 4 is 46.7 Å². The maximum Gasteiger partial charge on any atom is 0.399 e. The number of benzene rings is 1. The average molecular weight is 673 g/mol. The Labute approximate surface area is 268 Å². The number of carbonyl (C=O) groups excluding carboxylic acids is 3. The molecule has 3 saturated heterocycles. The van der Waals surface area contributed by atoms with Crippen LogP contribution in [0, 0.1) is 18.8 Å². The summed E-state index contributed by atoms with van der Waals surface area (Å²) >= 11 is 1.04. The number of aryl methyl sites for hydroxylation is 1. The van der Waals surface area contributed by atoms with Gasteiger partial charge in [0.05, 0.1) is 4.88 Å². The summed E-state index contributed by atoms with van der Waals surface area (Å²) in [6.07, 6.45) is 6.42. The van der Waals surface area contributed by atoms with Crippen LogP contribution in [0.25, 0.3) is 10.1 Å². The number of alkyl halides is 2. The molecule has 1 aromatic carbocycles. The summed E-state index contributed by atoms with van der Waals surface area (Å²) in [7, 11) is -5.75. The van der Waals surface area contributed by atoms with Crippen molar-refractivity contribution in [3.8, 4) is 0 Å². The SMILES string of the molecule is Cc1cccnc1C1CN(C(=O)[C@@H]2CC[C@@H]3C[C@@H]4CC[C@@H]4C[C@H](NC(=O)c4cc5cc(C(F)(F)P(=O)(O)O)ccc5s4)C(=O)N32)C1. The molecule has 3 aromatic rings. The van der Waals surface area contributed by atoms with Gasteiger partial charge in [-0.1, -0.05) is 12.1 Å². The van der Waals surface area contributed by atoms with E-state index in [2.05, 4.69) is 10.3 Å². The summed E-state index contributed by atoms with van der Waals surface area (Å²) in [6, 6.07) is 7.02. The second kappa shape index (κ2) is 11.5. The van der Waals surface area contributed by atoms with Crippen LogP contribution in [0.2, 0.25) is 0 Å². The summed E-state index contributed by atoms with van der Waals surface area (Å²) < 4.78 is 40.5. The van der Waals surface area contributed by atoms with Crippen LogP contribution >= 0.6 is 18.9 Å². The third-order valence-corrected chi connectivity index (χ3v) is 12.5. The molecule has 1 aliphatic carbocycles. The molecule has 0 spiro atoms. The molecule has 2 aromatic heterocycles. The molecule has 14 heteroatoms. The van der Waals surface area contributed by atoms with Gasteiger partial charge in [-0.2, -0.15) is 8.78 Å². The molecule has 244 valence electrons. The Hall–Kier alpha value is -3.25. The van der Waals surface area contributed by atoms with Crippen LogP contribution < -0.4 is 5.32 Å². The molecule has 46 heavy (non-hydrogen) atoms. The first kappa shape index (κ1) is 31.4. The molecule has 1 saturated carbocycles. The highest BCUT2D eigenvalue weighted by Crippen LogP contribution is 2.59. The highest BCUT2D eigenvalue weighted by molar-refractivity contribution is 7.52. The highest BCUT2D eigenvalue weighted by Gasteiger charge is 2.52. The van der Waals surface area contributed by atoms with Crippen molar-refractivity contribution in [3.63, 3.8) is 0 Å². The van der Waals surface area contributed by atoms with Gasteiger partial charge < -0.3 is 24.9 Å². The smallest absolute Gasteiger partial charge is 0.340 e. The summed E-state index contributed by atoms with van der Waals surface area (Å²) in [5.74, 6) is 0.0187. The third kappa shape index (κ3) is 5.35. The van der Waals surface area contributed by atoms with E-state index in [4.69, 9.17) is 9.79 Å². The van der Waals surface area contributed by atoms with Gasteiger partial charge in [-0.05, 0) is 92.5 Å². The summed E-state index contributed by atoms with van der Waals surface area (Å²) in [5, 5.41) is 3.14. The minimum absolute atomic E-state index is 0.0658. The van der Waals surface area contributed by atoms with Crippen molar-refractivity contribution in [2.24, 2.45) is 11.8 Å². The second-order valence-electron chi connectivity index (χ2n) is 13.2. The number of pyridine rings is 1. The lowest BCUT2D eigenvalue weighted by molar-refractivity contribution is -0.151. The van der Waals surface area contributed by atoms with Crippen LogP contribution in [0.5, 0.6) is 0 Å². The fourth-order valence-electron chi connectivity index (χ4n) is 7.71. The van der Waals surface area contributed by atoms with E-state index in [1.165, 1.54) is 12.1 Å². The summed E-state index contributed by atoms with van der Waals surface area (Å²) in [4.78, 5) is 68.0. The van der Waals surface area contributed by atoms with E-state index in [0.29, 0.717) is 42.5 Å². The van der Waals surface area contributed by atoms with Gasteiger partial charge in [-0.3, -0.25) is 23.9 Å². The first-order chi connectivity index (χ1) is 21.8. The predicted octanol–water partition coefficient (Wildman–Crippen LogP) is 4.74. The number of aromatic nitrogens is 1. The molecule has 3 aliphatic heterocycles. The van der Waals surface area contributed by atoms with Crippen molar-refractivity contribution in [1.82, 2.24) is 20.1 Å². The van der Waals surface area contributed by atoms with E-state index in [1.54, 1.807) is 16.0 Å². The third-order valence-electron chi connectivity index (χ3n) is 10.4. The lowest BCUT2D eigenvalue weighted by Gasteiger charge is -2.47. The van der Waals surface area contributed by atoms with Crippen LogP contribution in [0.15, 0.2) is 42.6 Å². The van der Waals surface area contributed by atoms with Crippen LogP contribution in [-0.2, 0) is 19.8 Å². The largest absolute Gasteiger partial charge is 0.399 e. The number of halogens is 2. The molecular weight excluding hydrogens is 637 g/mol. The average Bonchev–Trinajstić information content (AvgIpc) is 3.60. The monoisotopic (exact) mass is 672 g/mol. The van der Waals surface area contributed by atoms with Crippen molar-refractivity contribution in [2.45, 2.75) is 75.2 Å². The quantitative estimate of drug-likeness (QED) is 0.322. The van der Waals surface area contributed by atoms with E-state index < -0.39 is 36.8 Å². The van der Waals surface area contributed by atoms with Gasteiger partial charge in [0.1, 0.15) is 12.1 Å².